The van der Waals surface area contributed by atoms with E-state index < -0.39 is 0 Å². The van der Waals surface area contributed by atoms with Crippen LogP contribution in [0.2, 0.25) is 0 Å². The molecule has 0 heterocycles. The number of hydrogen-bond acceptors (Lipinski definition) is 3. The van der Waals surface area contributed by atoms with E-state index in [-0.39, 0.29) is 30.7 Å². The van der Waals surface area contributed by atoms with E-state index in [1.165, 1.54) is 24.3 Å². The smallest absolute Gasteiger partial charge is 0.238 e. The van der Waals surface area contributed by atoms with Crippen molar-refractivity contribution < 1.29 is 14.0 Å². The van der Waals surface area contributed by atoms with Crippen molar-refractivity contribution in [2.45, 2.75) is 6.54 Å². The zero-order chi connectivity index (χ0) is 18.2. The number of hydrogen-bond donors (Lipinski definition) is 1. The lowest BCUT2D eigenvalue weighted by Gasteiger charge is -2.21. The lowest BCUT2D eigenvalue weighted by atomic mass is 10.2. The SMILES string of the molecule is CN(CC(=O)Nc1ccc(F)cc1)CC(=O)N(C)Cc1ccccc1. The molecule has 25 heavy (non-hydrogen) atoms. The van der Waals surface area contributed by atoms with Gasteiger partial charge in [-0.05, 0) is 36.9 Å². The molecule has 2 amide bonds. The maximum absolute atomic E-state index is 12.8. The molecule has 6 heteroatoms. The highest BCUT2D eigenvalue weighted by molar-refractivity contribution is 5.92. The maximum Gasteiger partial charge on any atom is 0.238 e. The molecule has 0 aliphatic heterocycles. The Balaban J connectivity index is 1.78. The number of carbonyl (C=O) groups is 2. The van der Waals surface area contributed by atoms with Crippen LogP contribution in [0, 0.1) is 5.82 Å². The number of rotatable bonds is 7. The van der Waals surface area contributed by atoms with Crippen molar-refractivity contribution in [3.63, 3.8) is 0 Å². The second-order valence-electron chi connectivity index (χ2n) is 5.96. The Labute approximate surface area is 147 Å². The third-order valence-electron chi connectivity index (χ3n) is 3.64. The van der Waals surface area contributed by atoms with Gasteiger partial charge >= 0.3 is 0 Å². The lowest BCUT2D eigenvalue weighted by molar-refractivity contribution is -0.131. The molecule has 0 aliphatic carbocycles. The topological polar surface area (TPSA) is 52.7 Å². The second kappa shape index (κ2) is 8.94. The molecule has 0 atom stereocenters. The largest absolute Gasteiger partial charge is 0.340 e. The summed E-state index contributed by atoms with van der Waals surface area (Å²) in [7, 11) is 3.44. The summed E-state index contributed by atoms with van der Waals surface area (Å²) >= 11 is 0. The van der Waals surface area contributed by atoms with Gasteiger partial charge in [-0.3, -0.25) is 14.5 Å². The van der Waals surface area contributed by atoms with Crippen LogP contribution in [0.3, 0.4) is 0 Å². The molecule has 0 fully saturated rings. The fraction of sp³-hybridized carbons (Fsp3) is 0.263. The summed E-state index contributed by atoms with van der Waals surface area (Å²) in [6.45, 7) is 0.734. The Bertz CT molecular complexity index is 704. The number of nitrogens with one attached hydrogen (secondary N) is 1. The van der Waals surface area contributed by atoms with Crippen molar-refractivity contribution in [1.29, 1.82) is 0 Å². The van der Waals surface area contributed by atoms with Gasteiger partial charge < -0.3 is 10.2 Å². The van der Waals surface area contributed by atoms with E-state index in [1.54, 1.807) is 23.9 Å². The Hall–Kier alpha value is -2.73. The zero-order valence-corrected chi connectivity index (χ0v) is 14.4. The highest BCUT2D eigenvalue weighted by atomic mass is 19.1. The van der Waals surface area contributed by atoms with Crippen LogP contribution < -0.4 is 5.32 Å². The van der Waals surface area contributed by atoms with Gasteiger partial charge in [0, 0.05) is 19.3 Å². The average Bonchev–Trinajstić information content (AvgIpc) is 2.57. The molecule has 2 aromatic carbocycles. The van der Waals surface area contributed by atoms with E-state index in [9.17, 15) is 14.0 Å². The Morgan fingerprint density at radius 3 is 2.24 bits per heavy atom. The molecule has 0 saturated carbocycles. The molecular formula is C19H22FN3O2. The number of benzene rings is 2. The quantitative estimate of drug-likeness (QED) is 0.840. The van der Waals surface area contributed by atoms with Crippen molar-refractivity contribution in [2.24, 2.45) is 0 Å². The molecule has 132 valence electrons. The molecular weight excluding hydrogens is 321 g/mol. The van der Waals surface area contributed by atoms with Crippen LogP contribution in [0.4, 0.5) is 10.1 Å². The number of halogens is 1. The van der Waals surface area contributed by atoms with Crippen LogP contribution in [0.5, 0.6) is 0 Å². The van der Waals surface area contributed by atoms with Gasteiger partial charge in [-0.2, -0.15) is 0 Å². The molecule has 0 spiro atoms. The van der Waals surface area contributed by atoms with Crippen LogP contribution in [0.25, 0.3) is 0 Å². The minimum absolute atomic E-state index is 0.0686. The van der Waals surface area contributed by atoms with Crippen molar-refractivity contribution in [1.82, 2.24) is 9.80 Å². The van der Waals surface area contributed by atoms with Crippen molar-refractivity contribution in [3.05, 3.63) is 66.0 Å². The number of amides is 2. The van der Waals surface area contributed by atoms with Crippen LogP contribution >= 0.6 is 0 Å². The van der Waals surface area contributed by atoms with Gasteiger partial charge in [0.25, 0.3) is 0 Å². The summed E-state index contributed by atoms with van der Waals surface area (Å²) in [6, 6.07) is 15.3. The van der Waals surface area contributed by atoms with Crippen molar-refractivity contribution >= 4 is 17.5 Å². The van der Waals surface area contributed by atoms with E-state index in [2.05, 4.69) is 5.32 Å². The number of nitrogens with zero attached hydrogens (tertiary/aromatic N) is 2. The summed E-state index contributed by atoms with van der Waals surface area (Å²) in [6.07, 6.45) is 0. The van der Waals surface area contributed by atoms with Crippen LogP contribution in [0.15, 0.2) is 54.6 Å². The summed E-state index contributed by atoms with van der Waals surface area (Å²) in [4.78, 5) is 27.5. The fourth-order valence-corrected chi connectivity index (χ4v) is 2.33. The van der Waals surface area contributed by atoms with Gasteiger partial charge in [0.15, 0.2) is 0 Å². The molecule has 2 aromatic rings. The standard InChI is InChI=1S/C19H22FN3O2/c1-22(13-18(24)21-17-10-8-16(20)9-11-17)14-19(25)23(2)12-15-6-4-3-5-7-15/h3-11H,12-14H2,1-2H3,(H,21,24). The van der Waals surface area contributed by atoms with Gasteiger partial charge in [-0.1, -0.05) is 30.3 Å². The molecule has 0 bridgehead atoms. The molecule has 0 aliphatic rings. The molecule has 0 unspecified atom stereocenters. The van der Waals surface area contributed by atoms with Gasteiger partial charge in [0.2, 0.25) is 11.8 Å². The molecule has 5 nitrogen and oxygen atoms in total. The van der Waals surface area contributed by atoms with E-state index in [0.29, 0.717) is 12.2 Å². The minimum atomic E-state index is -0.359. The average molecular weight is 343 g/mol. The predicted molar refractivity (Wildman–Crippen MR) is 95.4 cm³/mol. The first-order valence-corrected chi connectivity index (χ1v) is 7.96. The predicted octanol–water partition coefficient (Wildman–Crippen LogP) is 2.35. The first-order valence-electron chi connectivity index (χ1n) is 7.96. The highest BCUT2D eigenvalue weighted by Gasteiger charge is 2.14. The zero-order valence-electron chi connectivity index (χ0n) is 14.4. The third-order valence-corrected chi connectivity index (χ3v) is 3.64. The summed E-state index contributed by atoms with van der Waals surface area (Å²) in [5.41, 5.74) is 1.57. The summed E-state index contributed by atoms with van der Waals surface area (Å²) in [5, 5.41) is 2.67. The number of likely N-dealkylation sites (N-methyl/N-ethyl adjacent to an activating group) is 2. The van der Waals surface area contributed by atoms with Crippen LogP contribution in [-0.2, 0) is 16.1 Å². The van der Waals surface area contributed by atoms with E-state index >= 15 is 0 Å². The Kier molecular flexibility index (Phi) is 6.65. The lowest BCUT2D eigenvalue weighted by Crippen LogP contribution is -2.39. The molecule has 0 aromatic heterocycles. The monoisotopic (exact) mass is 343 g/mol. The van der Waals surface area contributed by atoms with E-state index in [1.807, 2.05) is 30.3 Å². The normalized spacial score (nSPS) is 10.6. The fourth-order valence-electron chi connectivity index (χ4n) is 2.33. The summed E-state index contributed by atoms with van der Waals surface area (Å²) in [5.74, 6) is -0.685. The van der Waals surface area contributed by atoms with E-state index in [4.69, 9.17) is 0 Å². The van der Waals surface area contributed by atoms with Crippen molar-refractivity contribution in [2.75, 3.05) is 32.5 Å². The number of anilines is 1. The second-order valence-corrected chi connectivity index (χ2v) is 5.96. The summed E-state index contributed by atoms with van der Waals surface area (Å²) < 4.78 is 12.8. The Morgan fingerprint density at radius 2 is 1.60 bits per heavy atom. The number of carbonyl (C=O) groups excluding carboxylic acids is 2. The highest BCUT2D eigenvalue weighted by Crippen LogP contribution is 2.08. The minimum Gasteiger partial charge on any atom is -0.340 e. The Morgan fingerprint density at radius 1 is 0.960 bits per heavy atom. The first-order chi connectivity index (χ1) is 11.9. The molecule has 0 radical (unpaired) electrons. The molecule has 1 N–H and O–H groups in total. The van der Waals surface area contributed by atoms with E-state index in [0.717, 1.165) is 5.56 Å². The molecule has 2 rings (SSSR count). The maximum atomic E-state index is 12.8. The van der Waals surface area contributed by atoms with Gasteiger partial charge in [0.1, 0.15) is 5.82 Å². The van der Waals surface area contributed by atoms with Crippen LogP contribution in [0.1, 0.15) is 5.56 Å². The van der Waals surface area contributed by atoms with Gasteiger partial charge in [-0.15, -0.1) is 0 Å². The third kappa shape index (κ3) is 6.35. The van der Waals surface area contributed by atoms with Gasteiger partial charge in [-0.25, -0.2) is 4.39 Å². The van der Waals surface area contributed by atoms with Crippen LogP contribution in [-0.4, -0.2) is 48.8 Å². The van der Waals surface area contributed by atoms with Crippen molar-refractivity contribution in [3.8, 4) is 0 Å². The first kappa shape index (κ1) is 18.6. The molecule has 0 saturated heterocycles. The van der Waals surface area contributed by atoms with Gasteiger partial charge in [0.05, 0.1) is 13.1 Å².